The summed E-state index contributed by atoms with van der Waals surface area (Å²) in [5.74, 6) is -1.74. The number of halogens is 3. The molecule has 0 unspecified atom stereocenters. The summed E-state index contributed by atoms with van der Waals surface area (Å²) in [5, 5.41) is 0.949. The van der Waals surface area contributed by atoms with Gasteiger partial charge in [-0.2, -0.15) is 4.39 Å². The fourth-order valence-corrected chi connectivity index (χ4v) is 3.35. The van der Waals surface area contributed by atoms with Crippen LogP contribution in [0.3, 0.4) is 0 Å². The highest BCUT2D eigenvalue weighted by molar-refractivity contribution is 6.31. The topological polar surface area (TPSA) is 62.8 Å². The molecule has 0 saturated carbocycles. The van der Waals surface area contributed by atoms with Crippen LogP contribution in [0.5, 0.6) is 0 Å². The van der Waals surface area contributed by atoms with Crippen molar-refractivity contribution in [3.8, 4) is 11.1 Å². The summed E-state index contributed by atoms with van der Waals surface area (Å²) in [6, 6.07) is 14.5. The van der Waals surface area contributed by atoms with E-state index in [0.29, 0.717) is 27.1 Å². The van der Waals surface area contributed by atoms with Crippen molar-refractivity contribution in [2.75, 3.05) is 0 Å². The van der Waals surface area contributed by atoms with Crippen LogP contribution in [0.15, 0.2) is 71.5 Å². The maximum absolute atomic E-state index is 13.5. The summed E-state index contributed by atoms with van der Waals surface area (Å²) in [6.45, 7) is 0. The lowest BCUT2D eigenvalue weighted by molar-refractivity contribution is 0.104. The van der Waals surface area contributed by atoms with Crippen LogP contribution in [0, 0.1) is 11.8 Å². The number of nitrogens with one attached hydrogen (secondary N) is 1. The number of carbonyl (C=O) groups is 1. The van der Waals surface area contributed by atoms with Crippen LogP contribution in [-0.4, -0.2) is 15.8 Å². The SMILES string of the molecule is O=C(/C=C/c1cccc(F)n1)c1c(-c2ccc(F)cc2)c2cc(Cl)ccc2[nH]c1=O. The zero-order valence-corrected chi connectivity index (χ0v) is 16.1. The van der Waals surface area contributed by atoms with Gasteiger partial charge in [-0.1, -0.05) is 29.8 Å². The van der Waals surface area contributed by atoms with Crippen molar-refractivity contribution in [3.63, 3.8) is 0 Å². The lowest BCUT2D eigenvalue weighted by Crippen LogP contribution is -2.18. The third-order valence-electron chi connectivity index (χ3n) is 4.50. The van der Waals surface area contributed by atoms with E-state index in [1.807, 2.05) is 0 Å². The molecule has 1 N–H and O–H groups in total. The van der Waals surface area contributed by atoms with Gasteiger partial charge in [-0.05, 0) is 60.2 Å². The maximum atomic E-state index is 13.5. The Balaban J connectivity index is 1.93. The van der Waals surface area contributed by atoms with Gasteiger partial charge < -0.3 is 4.98 Å². The fourth-order valence-electron chi connectivity index (χ4n) is 3.18. The van der Waals surface area contributed by atoms with Crippen LogP contribution in [0.25, 0.3) is 28.1 Å². The zero-order valence-electron chi connectivity index (χ0n) is 15.3. The van der Waals surface area contributed by atoms with Gasteiger partial charge in [0.1, 0.15) is 5.82 Å². The van der Waals surface area contributed by atoms with Crippen molar-refractivity contribution < 1.29 is 13.6 Å². The lowest BCUT2D eigenvalue weighted by Gasteiger charge is -2.12. The number of benzene rings is 2. The quantitative estimate of drug-likeness (QED) is 0.271. The van der Waals surface area contributed by atoms with Crippen LogP contribution < -0.4 is 5.56 Å². The lowest BCUT2D eigenvalue weighted by atomic mass is 9.94. The van der Waals surface area contributed by atoms with Crippen molar-refractivity contribution in [2.24, 2.45) is 0 Å². The highest BCUT2D eigenvalue weighted by Gasteiger charge is 2.19. The second-order valence-corrected chi connectivity index (χ2v) is 6.92. The molecular formula is C23H13ClF2N2O2. The van der Waals surface area contributed by atoms with E-state index in [-0.39, 0.29) is 11.3 Å². The van der Waals surface area contributed by atoms with Gasteiger partial charge in [0, 0.05) is 21.5 Å². The summed E-state index contributed by atoms with van der Waals surface area (Å²) < 4.78 is 26.7. The van der Waals surface area contributed by atoms with E-state index in [4.69, 9.17) is 11.6 Å². The number of allylic oxidation sites excluding steroid dienone is 1. The predicted octanol–water partition coefficient (Wildman–Crippen LogP) is 5.42. The monoisotopic (exact) mass is 422 g/mol. The molecule has 0 radical (unpaired) electrons. The summed E-state index contributed by atoms with van der Waals surface area (Å²) in [6.07, 6.45) is 2.47. The smallest absolute Gasteiger partial charge is 0.260 e. The Morgan fingerprint density at radius 1 is 1.03 bits per heavy atom. The molecule has 0 aliphatic rings. The molecule has 2 aromatic heterocycles. The number of rotatable bonds is 4. The molecule has 7 heteroatoms. The van der Waals surface area contributed by atoms with Gasteiger partial charge >= 0.3 is 0 Å². The van der Waals surface area contributed by atoms with E-state index in [1.165, 1.54) is 48.5 Å². The van der Waals surface area contributed by atoms with Crippen LogP contribution in [0.4, 0.5) is 8.78 Å². The molecule has 0 spiro atoms. The molecule has 4 nitrogen and oxygen atoms in total. The minimum absolute atomic E-state index is 0.135. The van der Waals surface area contributed by atoms with Crippen molar-refractivity contribution in [1.82, 2.24) is 9.97 Å². The van der Waals surface area contributed by atoms with Crippen LogP contribution >= 0.6 is 11.6 Å². The van der Waals surface area contributed by atoms with Crippen molar-refractivity contribution in [2.45, 2.75) is 0 Å². The average Bonchev–Trinajstić information content (AvgIpc) is 2.72. The first kappa shape index (κ1) is 19.7. The molecule has 4 rings (SSSR count). The Hall–Kier alpha value is -3.64. The third kappa shape index (κ3) is 3.90. The van der Waals surface area contributed by atoms with Gasteiger partial charge in [-0.15, -0.1) is 0 Å². The van der Waals surface area contributed by atoms with Gasteiger partial charge in [-0.3, -0.25) is 9.59 Å². The number of hydrogen-bond acceptors (Lipinski definition) is 3. The summed E-state index contributed by atoms with van der Waals surface area (Å²) in [5.41, 5.74) is 0.784. The zero-order chi connectivity index (χ0) is 21.3. The van der Waals surface area contributed by atoms with Gasteiger partial charge in [0.2, 0.25) is 5.95 Å². The van der Waals surface area contributed by atoms with E-state index in [9.17, 15) is 18.4 Å². The normalized spacial score (nSPS) is 11.3. The second kappa shape index (κ2) is 8.00. The fraction of sp³-hybridized carbons (Fsp3) is 0. The standard InChI is InChI=1S/C23H13ClF2N2O2/c24-14-6-10-18-17(12-14)21(13-4-7-15(25)8-5-13)22(23(30)28-18)19(29)11-9-16-2-1-3-20(26)27-16/h1-12H,(H,28,30)/b11-9+. The van der Waals surface area contributed by atoms with Gasteiger partial charge in [0.25, 0.3) is 5.56 Å². The number of fused-ring (bicyclic) bond motifs is 1. The average molecular weight is 423 g/mol. The van der Waals surface area contributed by atoms with E-state index in [2.05, 4.69) is 9.97 Å². The predicted molar refractivity (Wildman–Crippen MR) is 113 cm³/mol. The molecule has 30 heavy (non-hydrogen) atoms. The Morgan fingerprint density at radius 3 is 2.53 bits per heavy atom. The third-order valence-corrected chi connectivity index (χ3v) is 4.73. The number of carbonyl (C=O) groups excluding carboxylic acids is 1. The van der Waals surface area contributed by atoms with Crippen LogP contribution in [0.1, 0.15) is 16.1 Å². The summed E-state index contributed by atoms with van der Waals surface area (Å²) in [7, 11) is 0. The number of hydrogen-bond donors (Lipinski definition) is 1. The minimum atomic E-state index is -0.685. The number of ketones is 1. The van der Waals surface area contributed by atoms with Gasteiger partial charge in [0.15, 0.2) is 5.78 Å². The first-order valence-corrected chi connectivity index (χ1v) is 9.26. The number of H-pyrrole nitrogens is 1. The van der Waals surface area contributed by atoms with E-state index in [0.717, 1.165) is 6.08 Å². The number of aromatic nitrogens is 2. The molecular weight excluding hydrogens is 410 g/mol. The molecule has 0 atom stereocenters. The summed E-state index contributed by atoms with van der Waals surface area (Å²) in [4.78, 5) is 32.1. The minimum Gasteiger partial charge on any atom is -0.321 e. The molecule has 0 aliphatic carbocycles. The van der Waals surface area contributed by atoms with Crippen molar-refractivity contribution >= 4 is 34.4 Å². The molecule has 148 valence electrons. The first-order valence-electron chi connectivity index (χ1n) is 8.89. The van der Waals surface area contributed by atoms with E-state index >= 15 is 0 Å². The van der Waals surface area contributed by atoms with Gasteiger partial charge in [0.05, 0.1) is 11.3 Å². The number of nitrogens with zero attached hydrogens (tertiary/aromatic N) is 1. The highest BCUT2D eigenvalue weighted by atomic mass is 35.5. The van der Waals surface area contributed by atoms with Crippen molar-refractivity contribution in [3.05, 3.63) is 105 Å². The maximum Gasteiger partial charge on any atom is 0.260 e. The Morgan fingerprint density at radius 2 is 1.80 bits per heavy atom. The molecule has 2 aromatic carbocycles. The Labute approximate surface area is 174 Å². The number of pyridine rings is 2. The molecule has 4 aromatic rings. The molecule has 2 heterocycles. The second-order valence-electron chi connectivity index (χ2n) is 6.48. The molecule has 0 fully saturated rings. The summed E-state index contributed by atoms with van der Waals surface area (Å²) >= 11 is 6.14. The van der Waals surface area contributed by atoms with E-state index in [1.54, 1.807) is 18.2 Å². The molecule has 0 saturated heterocycles. The van der Waals surface area contributed by atoms with Crippen LogP contribution in [-0.2, 0) is 0 Å². The number of aromatic amines is 1. The first-order chi connectivity index (χ1) is 14.4. The Kier molecular flexibility index (Phi) is 5.25. The van der Waals surface area contributed by atoms with Crippen LogP contribution in [0.2, 0.25) is 5.02 Å². The largest absolute Gasteiger partial charge is 0.321 e. The van der Waals surface area contributed by atoms with Crippen molar-refractivity contribution in [1.29, 1.82) is 0 Å². The van der Waals surface area contributed by atoms with E-state index < -0.39 is 23.1 Å². The molecule has 0 amide bonds. The Bertz CT molecular complexity index is 1360. The molecule has 0 aliphatic heterocycles. The molecule has 0 bridgehead atoms. The highest BCUT2D eigenvalue weighted by Crippen LogP contribution is 2.32. The van der Waals surface area contributed by atoms with Gasteiger partial charge in [-0.25, -0.2) is 9.37 Å².